The molecule has 1 rings (SSSR count). The Morgan fingerprint density at radius 2 is 2.25 bits per heavy atom. The van der Waals surface area contributed by atoms with E-state index in [2.05, 4.69) is 10.1 Å². The third kappa shape index (κ3) is 2.81. The number of ether oxygens (including phenoxy) is 1. The minimum Gasteiger partial charge on any atom is -0.465 e. The molecule has 1 atom stereocenters. The maximum absolute atomic E-state index is 11.3. The fourth-order valence-corrected chi connectivity index (χ4v) is 1.54. The second kappa shape index (κ2) is 5.63. The number of methoxy groups -OCH3 is 1. The SMILES string of the molecule is CNCC(O)c1ccc(C(=O)OC)c(C)c1. The molecule has 0 radical (unpaired) electrons. The van der Waals surface area contributed by atoms with Crippen molar-refractivity contribution in [1.29, 1.82) is 0 Å². The van der Waals surface area contributed by atoms with Crippen molar-refractivity contribution in [1.82, 2.24) is 5.32 Å². The molecule has 4 heteroatoms. The Morgan fingerprint density at radius 1 is 1.56 bits per heavy atom. The van der Waals surface area contributed by atoms with Crippen LogP contribution in [0.3, 0.4) is 0 Å². The van der Waals surface area contributed by atoms with Gasteiger partial charge < -0.3 is 15.2 Å². The molecule has 0 saturated carbocycles. The van der Waals surface area contributed by atoms with Gasteiger partial charge in [0.2, 0.25) is 0 Å². The number of aryl methyl sites for hydroxylation is 1. The molecule has 0 spiro atoms. The van der Waals surface area contributed by atoms with Crippen LogP contribution in [0.25, 0.3) is 0 Å². The van der Waals surface area contributed by atoms with E-state index in [4.69, 9.17) is 0 Å². The van der Waals surface area contributed by atoms with Crippen LogP contribution in [0.4, 0.5) is 0 Å². The number of hydrogen-bond donors (Lipinski definition) is 2. The molecular formula is C12H17NO3. The van der Waals surface area contributed by atoms with E-state index in [1.807, 2.05) is 6.92 Å². The summed E-state index contributed by atoms with van der Waals surface area (Å²) in [5.41, 5.74) is 2.13. The Balaban J connectivity index is 2.94. The van der Waals surface area contributed by atoms with Crippen molar-refractivity contribution in [2.45, 2.75) is 13.0 Å². The van der Waals surface area contributed by atoms with Gasteiger partial charge in [-0.25, -0.2) is 4.79 Å². The molecule has 0 bridgehead atoms. The van der Waals surface area contributed by atoms with Gasteiger partial charge in [-0.3, -0.25) is 0 Å². The molecule has 1 unspecified atom stereocenters. The molecule has 0 aliphatic heterocycles. The molecule has 0 fully saturated rings. The summed E-state index contributed by atoms with van der Waals surface area (Å²) in [4.78, 5) is 11.3. The van der Waals surface area contributed by atoms with Crippen molar-refractivity contribution in [2.24, 2.45) is 0 Å². The minimum absolute atomic E-state index is 0.354. The van der Waals surface area contributed by atoms with Crippen LogP contribution in [-0.4, -0.2) is 31.8 Å². The number of carbonyl (C=O) groups is 1. The van der Waals surface area contributed by atoms with E-state index in [1.165, 1.54) is 7.11 Å². The quantitative estimate of drug-likeness (QED) is 0.749. The molecule has 0 aromatic heterocycles. The topological polar surface area (TPSA) is 58.6 Å². The Labute approximate surface area is 95.2 Å². The number of rotatable bonds is 4. The largest absolute Gasteiger partial charge is 0.465 e. The summed E-state index contributed by atoms with van der Waals surface area (Å²) in [6, 6.07) is 5.21. The van der Waals surface area contributed by atoms with Crippen LogP contribution >= 0.6 is 0 Å². The van der Waals surface area contributed by atoms with Crippen molar-refractivity contribution in [2.75, 3.05) is 20.7 Å². The summed E-state index contributed by atoms with van der Waals surface area (Å²) in [5, 5.41) is 12.6. The first-order chi connectivity index (χ1) is 7.60. The highest BCUT2D eigenvalue weighted by Gasteiger charge is 2.12. The molecular weight excluding hydrogens is 206 g/mol. The van der Waals surface area contributed by atoms with E-state index >= 15 is 0 Å². The van der Waals surface area contributed by atoms with Crippen LogP contribution in [-0.2, 0) is 4.74 Å². The number of aliphatic hydroxyl groups excluding tert-OH is 1. The molecule has 2 N–H and O–H groups in total. The average Bonchev–Trinajstić information content (AvgIpc) is 2.28. The third-order valence-corrected chi connectivity index (χ3v) is 2.44. The average molecular weight is 223 g/mol. The van der Waals surface area contributed by atoms with Gasteiger partial charge in [-0.05, 0) is 31.2 Å². The van der Waals surface area contributed by atoms with Crippen molar-refractivity contribution >= 4 is 5.97 Å². The van der Waals surface area contributed by atoms with Crippen LogP contribution in [0.5, 0.6) is 0 Å². The molecule has 1 aromatic carbocycles. The van der Waals surface area contributed by atoms with Gasteiger partial charge in [-0.15, -0.1) is 0 Å². The van der Waals surface area contributed by atoms with Crippen molar-refractivity contribution in [3.8, 4) is 0 Å². The zero-order valence-corrected chi connectivity index (χ0v) is 9.78. The van der Waals surface area contributed by atoms with E-state index in [-0.39, 0.29) is 5.97 Å². The Bertz CT molecular complexity index is 377. The molecule has 0 saturated heterocycles. The smallest absolute Gasteiger partial charge is 0.338 e. The van der Waals surface area contributed by atoms with Crippen molar-refractivity contribution < 1.29 is 14.6 Å². The first-order valence-electron chi connectivity index (χ1n) is 5.11. The molecule has 88 valence electrons. The molecule has 0 aliphatic carbocycles. The number of esters is 1. The normalized spacial score (nSPS) is 12.2. The number of hydrogen-bond acceptors (Lipinski definition) is 4. The summed E-state index contributed by atoms with van der Waals surface area (Å²) in [6.45, 7) is 2.30. The van der Waals surface area contributed by atoms with E-state index < -0.39 is 6.10 Å². The zero-order valence-electron chi connectivity index (χ0n) is 9.78. The first kappa shape index (κ1) is 12.7. The molecule has 1 aromatic rings. The Morgan fingerprint density at radius 3 is 2.75 bits per heavy atom. The fraction of sp³-hybridized carbons (Fsp3) is 0.417. The summed E-state index contributed by atoms with van der Waals surface area (Å²) >= 11 is 0. The minimum atomic E-state index is -0.560. The van der Waals surface area contributed by atoms with Gasteiger partial charge in [0.1, 0.15) is 0 Å². The van der Waals surface area contributed by atoms with Crippen molar-refractivity contribution in [3.63, 3.8) is 0 Å². The van der Waals surface area contributed by atoms with Gasteiger partial charge in [0.15, 0.2) is 0 Å². The Kier molecular flexibility index (Phi) is 4.46. The number of carbonyl (C=O) groups excluding carboxylic acids is 1. The van der Waals surface area contributed by atoms with E-state index in [1.54, 1.807) is 25.2 Å². The molecule has 4 nitrogen and oxygen atoms in total. The number of likely N-dealkylation sites (N-methyl/N-ethyl adjacent to an activating group) is 1. The van der Waals surface area contributed by atoms with Gasteiger partial charge in [0.25, 0.3) is 0 Å². The van der Waals surface area contributed by atoms with Crippen LogP contribution in [0.1, 0.15) is 27.6 Å². The van der Waals surface area contributed by atoms with Crippen LogP contribution in [0.2, 0.25) is 0 Å². The number of aliphatic hydroxyl groups is 1. The third-order valence-electron chi connectivity index (χ3n) is 2.44. The maximum Gasteiger partial charge on any atom is 0.338 e. The number of benzene rings is 1. The van der Waals surface area contributed by atoms with Gasteiger partial charge in [0.05, 0.1) is 18.8 Å². The standard InChI is InChI=1S/C12H17NO3/c1-8-6-9(11(14)7-13-2)4-5-10(8)12(15)16-3/h4-6,11,13-14H,7H2,1-3H3. The summed E-state index contributed by atoms with van der Waals surface area (Å²) in [6.07, 6.45) is -0.560. The highest BCUT2D eigenvalue weighted by atomic mass is 16.5. The summed E-state index contributed by atoms with van der Waals surface area (Å²) in [7, 11) is 3.13. The summed E-state index contributed by atoms with van der Waals surface area (Å²) in [5.74, 6) is -0.354. The fourth-order valence-electron chi connectivity index (χ4n) is 1.54. The summed E-state index contributed by atoms with van der Waals surface area (Å²) < 4.78 is 4.65. The van der Waals surface area contributed by atoms with Crippen LogP contribution in [0, 0.1) is 6.92 Å². The van der Waals surface area contributed by atoms with E-state index in [0.717, 1.165) is 11.1 Å². The second-order valence-corrected chi connectivity index (χ2v) is 3.64. The molecule has 0 heterocycles. The lowest BCUT2D eigenvalue weighted by atomic mass is 10.0. The predicted octanol–water partition coefficient (Wildman–Crippen LogP) is 1.03. The lowest BCUT2D eigenvalue weighted by Gasteiger charge is -2.12. The molecule has 16 heavy (non-hydrogen) atoms. The maximum atomic E-state index is 11.3. The monoisotopic (exact) mass is 223 g/mol. The first-order valence-corrected chi connectivity index (χ1v) is 5.11. The molecule has 0 amide bonds. The number of nitrogens with one attached hydrogen (secondary N) is 1. The highest BCUT2D eigenvalue weighted by molar-refractivity contribution is 5.90. The second-order valence-electron chi connectivity index (χ2n) is 3.64. The van der Waals surface area contributed by atoms with Crippen LogP contribution < -0.4 is 5.32 Å². The zero-order chi connectivity index (χ0) is 12.1. The Hall–Kier alpha value is -1.39. The predicted molar refractivity (Wildman–Crippen MR) is 61.4 cm³/mol. The van der Waals surface area contributed by atoms with Gasteiger partial charge in [-0.2, -0.15) is 0 Å². The van der Waals surface area contributed by atoms with Crippen molar-refractivity contribution in [3.05, 3.63) is 34.9 Å². The van der Waals surface area contributed by atoms with Gasteiger partial charge in [-0.1, -0.05) is 12.1 Å². The highest BCUT2D eigenvalue weighted by Crippen LogP contribution is 2.17. The molecule has 0 aliphatic rings. The lowest BCUT2D eigenvalue weighted by Crippen LogP contribution is -2.17. The van der Waals surface area contributed by atoms with E-state index in [9.17, 15) is 9.90 Å². The lowest BCUT2D eigenvalue weighted by molar-refractivity contribution is 0.0599. The van der Waals surface area contributed by atoms with E-state index in [0.29, 0.717) is 12.1 Å². The van der Waals surface area contributed by atoms with Gasteiger partial charge >= 0.3 is 5.97 Å². The van der Waals surface area contributed by atoms with Crippen LogP contribution in [0.15, 0.2) is 18.2 Å². The van der Waals surface area contributed by atoms with Gasteiger partial charge in [0, 0.05) is 6.54 Å².